The van der Waals surface area contributed by atoms with Gasteiger partial charge in [-0.25, -0.2) is 0 Å². The van der Waals surface area contributed by atoms with Crippen LogP contribution in [-0.2, 0) is 16.2 Å². The first kappa shape index (κ1) is 40.5. The molecule has 5 aromatic rings. The van der Waals surface area contributed by atoms with Gasteiger partial charge in [-0.1, -0.05) is 128 Å². The van der Waals surface area contributed by atoms with Crippen LogP contribution in [0.1, 0.15) is 128 Å². The van der Waals surface area contributed by atoms with Crippen molar-refractivity contribution in [2.75, 3.05) is 9.80 Å². The van der Waals surface area contributed by atoms with Gasteiger partial charge in [0.1, 0.15) is 0 Å². The quantitative estimate of drug-likeness (QED) is 0.167. The van der Waals surface area contributed by atoms with Crippen molar-refractivity contribution in [2.24, 2.45) is 11.8 Å². The number of hydrogen-bond acceptors (Lipinski definition) is 3. The van der Waals surface area contributed by atoms with E-state index in [1.54, 1.807) is 11.0 Å². The fourth-order valence-corrected chi connectivity index (χ4v) is 12.9. The number of nitrogens with zero attached hydrogens (tertiary/aromatic N) is 2. The van der Waals surface area contributed by atoms with Gasteiger partial charge < -0.3 is 9.80 Å². The van der Waals surface area contributed by atoms with Crippen molar-refractivity contribution >= 4 is 55.4 Å². The minimum Gasteiger partial charge on any atom is -0.334 e. The molecule has 312 valence electrons. The molecule has 0 bridgehead atoms. The first-order chi connectivity index (χ1) is 28.8. The Morgan fingerprint density at radius 3 is 2.13 bits per heavy atom. The number of benzene rings is 4. The second-order valence-corrected chi connectivity index (χ2v) is 23.2. The van der Waals surface area contributed by atoms with E-state index in [4.69, 9.17) is 0 Å². The summed E-state index contributed by atoms with van der Waals surface area (Å²) in [5, 5.41) is 1.42. The molecule has 2 atom stereocenters. The Kier molecular flexibility index (Phi) is 9.29. The van der Waals surface area contributed by atoms with Crippen molar-refractivity contribution in [3.8, 4) is 11.1 Å². The molecule has 2 aliphatic heterocycles. The minimum atomic E-state index is 0.0517. The molecule has 0 saturated carbocycles. The topological polar surface area (TPSA) is 6.48 Å². The lowest BCUT2D eigenvalue weighted by molar-refractivity contribution is 0.332. The predicted molar refractivity (Wildman–Crippen MR) is 267 cm³/mol. The zero-order valence-corrected chi connectivity index (χ0v) is 39.9. The first-order valence-corrected chi connectivity index (χ1v) is 24.0. The minimum absolute atomic E-state index is 0.0517. The molecular weight excluding hydrogens is 756 g/mol. The van der Waals surface area contributed by atoms with Gasteiger partial charge in [-0.3, -0.25) is 0 Å². The number of thiophene rings is 1. The Hall–Kier alpha value is -4.54. The number of aryl methyl sites for hydroxylation is 3. The third-order valence-electron chi connectivity index (χ3n) is 15.3. The molecule has 4 aromatic carbocycles. The van der Waals surface area contributed by atoms with Crippen LogP contribution in [0.15, 0.2) is 113 Å². The molecule has 61 heavy (non-hydrogen) atoms. The maximum atomic E-state index is 2.83. The number of allylic oxidation sites excluding steroid dienone is 4. The van der Waals surface area contributed by atoms with Gasteiger partial charge in [0.15, 0.2) is 0 Å². The summed E-state index contributed by atoms with van der Waals surface area (Å²) in [5.74, 6) is 1.18. The fraction of sp³-hybridized carbons (Fsp3) is 0.404. The lowest BCUT2D eigenvalue weighted by Gasteiger charge is -2.51. The van der Waals surface area contributed by atoms with Crippen LogP contribution in [0.2, 0.25) is 0 Å². The summed E-state index contributed by atoms with van der Waals surface area (Å²) in [6.45, 7) is 31.1. The van der Waals surface area contributed by atoms with Crippen LogP contribution in [0.25, 0.3) is 21.2 Å². The summed E-state index contributed by atoms with van der Waals surface area (Å²) in [6, 6.07) is 27.2. The van der Waals surface area contributed by atoms with Gasteiger partial charge in [0, 0.05) is 37.5 Å². The van der Waals surface area contributed by atoms with Gasteiger partial charge in [-0.05, 0) is 162 Å². The van der Waals surface area contributed by atoms with E-state index >= 15 is 0 Å². The molecule has 3 aliphatic carbocycles. The molecule has 2 nitrogen and oxygen atoms in total. The Balaban J connectivity index is 1.33. The van der Waals surface area contributed by atoms with E-state index in [1.807, 2.05) is 0 Å². The van der Waals surface area contributed by atoms with Gasteiger partial charge in [0.2, 0.25) is 0 Å². The van der Waals surface area contributed by atoms with Crippen molar-refractivity contribution in [1.29, 1.82) is 0 Å². The van der Waals surface area contributed by atoms with Crippen molar-refractivity contribution in [3.63, 3.8) is 0 Å². The molecule has 4 heteroatoms. The zero-order chi connectivity index (χ0) is 43.1. The molecule has 5 aliphatic rings. The number of fused-ring (bicyclic) bond motifs is 7. The molecule has 10 rings (SSSR count). The second kappa shape index (κ2) is 14.0. The van der Waals surface area contributed by atoms with Crippen molar-refractivity contribution < 1.29 is 0 Å². The summed E-state index contributed by atoms with van der Waals surface area (Å²) in [6.07, 6.45) is 14.6. The SMILES string of the molecule is CC1=CC2=C3B(c4cc5c(cc4N2c2cc(C)ccc2-c2ccc(C)cc2C)C(C)(C)CCC5(C)C)c2sc4ccc(C(C)(C)C)cc4c2N(C2=CC[C@@H](C(C)C)C=C2)C3C1. The third-order valence-corrected chi connectivity index (χ3v) is 16.6. The van der Waals surface area contributed by atoms with Crippen LogP contribution in [-0.4, -0.2) is 12.8 Å². The highest BCUT2D eigenvalue weighted by Crippen LogP contribution is 2.54. The Morgan fingerprint density at radius 1 is 0.787 bits per heavy atom. The maximum Gasteiger partial charge on any atom is 0.259 e. The number of hydrogen-bond donors (Lipinski definition) is 0. The molecule has 1 unspecified atom stereocenters. The summed E-state index contributed by atoms with van der Waals surface area (Å²) < 4.78 is 2.90. The van der Waals surface area contributed by atoms with E-state index in [2.05, 4.69) is 202 Å². The molecule has 0 fully saturated rings. The van der Waals surface area contributed by atoms with Gasteiger partial charge >= 0.3 is 0 Å². The van der Waals surface area contributed by atoms with E-state index in [1.165, 1.54) is 106 Å². The van der Waals surface area contributed by atoms with Crippen LogP contribution in [0.3, 0.4) is 0 Å². The molecule has 3 heterocycles. The Morgan fingerprint density at radius 2 is 1.48 bits per heavy atom. The summed E-state index contributed by atoms with van der Waals surface area (Å²) in [7, 11) is 0. The lowest BCUT2D eigenvalue weighted by atomic mass is 9.33. The highest BCUT2D eigenvalue weighted by molar-refractivity contribution is 7.32. The van der Waals surface area contributed by atoms with Gasteiger partial charge in [0.25, 0.3) is 6.71 Å². The molecule has 0 spiro atoms. The molecular formula is C57H65BN2S. The van der Waals surface area contributed by atoms with E-state index in [-0.39, 0.29) is 29.0 Å². The highest BCUT2D eigenvalue weighted by Gasteiger charge is 2.51. The van der Waals surface area contributed by atoms with Crippen LogP contribution in [0.4, 0.5) is 17.1 Å². The number of anilines is 3. The second-order valence-electron chi connectivity index (χ2n) is 22.2. The van der Waals surface area contributed by atoms with Crippen molar-refractivity contribution in [1.82, 2.24) is 0 Å². The predicted octanol–water partition coefficient (Wildman–Crippen LogP) is 14.3. The van der Waals surface area contributed by atoms with E-state index in [0.29, 0.717) is 11.8 Å². The molecule has 0 saturated heterocycles. The third kappa shape index (κ3) is 6.39. The molecule has 0 radical (unpaired) electrons. The Bertz CT molecular complexity index is 2790. The molecule has 0 N–H and O–H groups in total. The van der Waals surface area contributed by atoms with Crippen LogP contribution < -0.4 is 20.0 Å². The maximum absolute atomic E-state index is 2.83. The Labute approximate surface area is 371 Å². The zero-order valence-electron chi connectivity index (χ0n) is 39.1. The summed E-state index contributed by atoms with van der Waals surface area (Å²) in [5.41, 5.74) is 22.5. The summed E-state index contributed by atoms with van der Waals surface area (Å²) in [4.78, 5) is 5.57. The fourth-order valence-electron chi connectivity index (χ4n) is 11.6. The molecule has 1 aromatic heterocycles. The van der Waals surface area contributed by atoms with Gasteiger partial charge in [0.05, 0.1) is 17.4 Å². The largest absolute Gasteiger partial charge is 0.334 e. The first-order valence-electron chi connectivity index (χ1n) is 23.2. The standard InChI is InChI=1S/C57H65BN2S/c1-33(2)38-16-19-40(20-17-38)59-49-28-36(5)29-50-52(49)58(54-53(59)43-30-39(55(7,8)9)18-23-51(43)61-54)46-31-44-45(57(12,13)25-24-56(44,10)11)32-48(46)60(50)47-27-35(4)15-22-42(47)41-21-14-34(3)26-37(41)6/h14-16,18-23,26-27,29-33,38,49H,17,24-25,28H2,1-13H3/t38-,49?/m0/s1. The van der Waals surface area contributed by atoms with E-state index in [9.17, 15) is 0 Å². The van der Waals surface area contributed by atoms with Crippen LogP contribution in [0.5, 0.6) is 0 Å². The van der Waals surface area contributed by atoms with E-state index < -0.39 is 0 Å². The monoisotopic (exact) mass is 820 g/mol. The van der Waals surface area contributed by atoms with Crippen molar-refractivity contribution in [2.45, 2.75) is 138 Å². The average Bonchev–Trinajstić information content (AvgIpc) is 3.57. The molecule has 0 amide bonds. The number of rotatable bonds is 4. The van der Waals surface area contributed by atoms with Gasteiger partial charge in [-0.2, -0.15) is 0 Å². The van der Waals surface area contributed by atoms with Crippen LogP contribution >= 0.6 is 11.3 Å². The summed E-state index contributed by atoms with van der Waals surface area (Å²) >= 11 is 2.05. The smallest absolute Gasteiger partial charge is 0.259 e. The lowest BCUT2D eigenvalue weighted by Crippen LogP contribution is -2.61. The van der Waals surface area contributed by atoms with E-state index in [0.717, 1.165) is 12.8 Å². The normalized spacial score (nSPS) is 21.3. The average molecular weight is 821 g/mol. The van der Waals surface area contributed by atoms with Crippen molar-refractivity contribution in [3.05, 3.63) is 147 Å². The van der Waals surface area contributed by atoms with Crippen LogP contribution in [0, 0.1) is 32.6 Å². The van der Waals surface area contributed by atoms with Gasteiger partial charge in [-0.15, -0.1) is 11.3 Å². The highest BCUT2D eigenvalue weighted by atomic mass is 32.1.